The number of carbonyl (C=O) groups excluding carboxylic acids is 2. The van der Waals surface area contributed by atoms with Gasteiger partial charge in [-0.3, -0.25) is 4.79 Å². The van der Waals surface area contributed by atoms with E-state index in [1.807, 2.05) is 6.92 Å². The molecule has 1 aromatic heterocycles. The summed E-state index contributed by atoms with van der Waals surface area (Å²) in [5.41, 5.74) is 0.244. The monoisotopic (exact) mass is 348 g/mol. The van der Waals surface area contributed by atoms with Gasteiger partial charge in [0, 0.05) is 12.6 Å². The number of carbonyl (C=O) groups is 2. The van der Waals surface area contributed by atoms with Gasteiger partial charge in [-0.25, -0.2) is 9.78 Å². The van der Waals surface area contributed by atoms with E-state index in [1.54, 1.807) is 0 Å². The summed E-state index contributed by atoms with van der Waals surface area (Å²) in [6.45, 7) is 2.49. The van der Waals surface area contributed by atoms with Crippen LogP contribution in [0.5, 0.6) is 5.88 Å². The first-order valence-corrected chi connectivity index (χ1v) is 7.22. The first-order valence-electron chi connectivity index (χ1n) is 7.22. The molecule has 1 rings (SSSR count). The Labute approximate surface area is 137 Å². The molecule has 3 amide bonds. The Kier molecular flexibility index (Phi) is 7.28. The number of anilines is 1. The number of urea groups is 1. The number of pyridine rings is 1. The lowest BCUT2D eigenvalue weighted by Crippen LogP contribution is -2.46. The van der Waals surface area contributed by atoms with Crippen LogP contribution >= 0.6 is 0 Å². The van der Waals surface area contributed by atoms with Crippen LogP contribution in [0, 0.1) is 0 Å². The molecular formula is C14H19F3N4O3. The minimum absolute atomic E-state index is 0.217. The van der Waals surface area contributed by atoms with E-state index < -0.39 is 24.9 Å². The lowest BCUT2D eigenvalue weighted by molar-refractivity contribution is -0.154. The van der Waals surface area contributed by atoms with Gasteiger partial charge in [0.1, 0.15) is 6.04 Å². The fraction of sp³-hybridized carbons (Fsp3) is 0.500. The van der Waals surface area contributed by atoms with Gasteiger partial charge in [-0.15, -0.1) is 0 Å². The van der Waals surface area contributed by atoms with Crippen molar-refractivity contribution in [3.8, 4) is 5.88 Å². The van der Waals surface area contributed by atoms with Gasteiger partial charge in [-0.2, -0.15) is 13.2 Å². The summed E-state index contributed by atoms with van der Waals surface area (Å²) in [5, 5.41) is 7.47. The number of aromatic nitrogens is 1. The van der Waals surface area contributed by atoms with E-state index in [1.165, 1.54) is 19.1 Å². The number of rotatable bonds is 7. The predicted molar refractivity (Wildman–Crippen MR) is 80.7 cm³/mol. The van der Waals surface area contributed by atoms with Crippen molar-refractivity contribution in [2.45, 2.75) is 32.5 Å². The maximum Gasteiger partial charge on any atom is 0.422 e. The number of hydrogen-bond acceptors (Lipinski definition) is 4. The van der Waals surface area contributed by atoms with Gasteiger partial charge in [-0.1, -0.05) is 6.92 Å². The van der Waals surface area contributed by atoms with E-state index in [4.69, 9.17) is 0 Å². The maximum atomic E-state index is 12.0. The second kappa shape index (κ2) is 8.94. The Morgan fingerprint density at radius 2 is 2.04 bits per heavy atom. The Hall–Kier alpha value is -2.52. The number of amides is 3. The molecule has 0 aliphatic rings. The molecule has 1 aromatic rings. The fourth-order valence-electron chi connectivity index (χ4n) is 1.53. The molecule has 3 N–H and O–H groups in total. The molecule has 0 radical (unpaired) electrons. The molecular weight excluding hydrogens is 329 g/mol. The molecule has 1 heterocycles. The second-order valence-corrected chi connectivity index (χ2v) is 4.90. The molecule has 0 aromatic carbocycles. The molecule has 134 valence electrons. The van der Waals surface area contributed by atoms with E-state index in [0.29, 0.717) is 6.54 Å². The van der Waals surface area contributed by atoms with Crippen molar-refractivity contribution >= 4 is 17.6 Å². The minimum atomic E-state index is -4.45. The van der Waals surface area contributed by atoms with Gasteiger partial charge >= 0.3 is 12.2 Å². The average molecular weight is 348 g/mol. The molecule has 0 saturated heterocycles. The van der Waals surface area contributed by atoms with Gasteiger partial charge in [0.15, 0.2) is 6.61 Å². The summed E-state index contributed by atoms with van der Waals surface area (Å²) >= 11 is 0. The first-order chi connectivity index (χ1) is 11.2. The lowest BCUT2D eigenvalue weighted by Gasteiger charge is -2.14. The number of halogens is 3. The summed E-state index contributed by atoms with van der Waals surface area (Å²) in [5.74, 6) is -0.536. The van der Waals surface area contributed by atoms with E-state index >= 15 is 0 Å². The van der Waals surface area contributed by atoms with Crippen molar-refractivity contribution < 1.29 is 27.5 Å². The summed E-state index contributed by atoms with van der Waals surface area (Å²) in [6, 6.07) is 1.15. The van der Waals surface area contributed by atoms with Crippen LogP contribution in [0.4, 0.5) is 23.7 Å². The molecule has 0 bridgehead atoms. The van der Waals surface area contributed by atoms with Gasteiger partial charge in [-0.05, 0) is 19.4 Å². The van der Waals surface area contributed by atoms with Crippen molar-refractivity contribution in [1.29, 1.82) is 0 Å². The standard InChI is InChI=1S/C14H19F3N4O3/c1-3-6-18-12(22)9(2)20-13(23)21-10-4-5-11(19-7-10)24-8-14(15,16)17/h4-5,7,9H,3,6,8H2,1-2H3,(H,18,22)(H2,20,21,23)/t9-/m0/s1. The number of ether oxygens (including phenoxy) is 1. The predicted octanol–water partition coefficient (Wildman–Crippen LogP) is 2.06. The van der Waals surface area contributed by atoms with Crippen LogP contribution in [0.15, 0.2) is 18.3 Å². The van der Waals surface area contributed by atoms with Crippen molar-refractivity contribution in [2.24, 2.45) is 0 Å². The Morgan fingerprint density at radius 3 is 2.58 bits per heavy atom. The number of nitrogens with one attached hydrogen (secondary N) is 3. The fourth-order valence-corrected chi connectivity index (χ4v) is 1.53. The van der Waals surface area contributed by atoms with Crippen LogP contribution in [0.1, 0.15) is 20.3 Å². The first kappa shape index (κ1) is 19.5. The molecule has 0 unspecified atom stereocenters. The molecule has 0 aliphatic carbocycles. The molecule has 0 aliphatic heterocycles. The molecule has 0 spiro atoms. The number of nitrogens with zero attached hydrogens (tertiary/aromatic N) is 1. The number of hydrogen-bond donors (Lipinski definition) is 3. The lowest BCUT2D eigenvalue weighted by atomic mass is 10.3. The van der Waals surface area contributed by atoms with Gasteiger partial charge in [0.05, 0.1) is 11.9 Å². The van der Waals surface area contributed by atoms with Gasteiger partial charge in [0.2, 0.25) is 11.8 Å². The second-order valence-electron chi connectivity index (χ2n) is 4.90. The van der Waals surface area contributed by atoms with Crippen molar-refractivity contribution in [1.82, 2.24) is 15.6 Å². The van der Waals surface area contributed by atoms with E-state index in [-0.39, 0.29) is 17.5 Å². The van der Waals surface area contributed by atoms with Crippen molar-refractivity contribution in [3.05, 3.63) is 18.3 Å². The highest BCUT2D eigenvalue weighted by Crippen LogP contribution is 2.17. The van der Waals surface area contributed by atoms with E-state index in [2.05, 4.69) is 25.7 Å². The average Bonchev–Trinajstić information content (AvgIpc) is 2.51. The summed E-state index contributed by atoms with van der Waals surface area (Å²) in [4.78, 5) is 27.0. The topological polar surface area (TPSA) is 92.4 Å². The van der Waals surface area contributed by atoms with Crippen LogP contribution in [0.25, 0.3) is 0 Å². The van der Waals surface area contributed by atoms with Crippen LogP contribution in [-0.4, -0.2) is 42.3 Å². The quantitative estimate of drug-likeness (QED) is 0.703. The van der Waals surface area contributed by atoms with E-state index in [9.17, 15) is 22.8 Å². The zero-order chi connectivity index (χ0) is 18.2. The number of alkyl halides is 3. The maximum absolute atomic E-state index is 12.0. The smallest absolute Gasteiger partial charge is 0.422 e. The van der Waals surface area contributed by atoms with Crippen molar-refractivity contribution in [2.75, 3.05) is 18.5 Å². The summed E-state index contributed by atoms with van der Waals surface area (Å²) < 4.78 is 40.5. The van der Waals surface area contributed by atoms with E-state index in [0.717, 1.165) is 12.6 Å². The molecule has 10 heteroatoms. The third-order valence-electron chi connectivity index (χ3n) is 2.67. The van der Waals surface area contributed by atoms with Crippen LogP contribution < -0.4 is 20.7 Å². The summed E-state index contributed by atoms with van der Waals surface area (Å²) in [6.07, 6.45) is -2.53. The van der Waals surface area contributed by atoms with Gasteiger partial charge in [0.25, 0.3) is 0 Å². The zero-order valence-corrected chi connectivity index (χ0v) is 13.2. The third-order valence-corrected chi connectivity index (χ3v) is 2.67. The highest BCUT2D eigenvalue weighted by molar-refractivity contribution is 5.93. The molecule has 0 fully saturated rings. The Morgan fingerprint density at radius 1 is 1.33 bits per heavy atom. The highest BCUT2D eigenvalue weighted by atomic mass is 19.4. The minimum Gasteiger partial charge on any atom is -0.468 e. The zero-order valence-electron chi connectivity index (χ0n) is 13.2. The van der Waals surface area contributed by atoms with Gasteiger partial charge < -0.3 is 20.7 Å². The highest BCUT2D eigenvalue weighted by Gasteiger charge is 2.28. The Balaban J connectivity index is 2.45. The van der Waals surface area contributed by atoms with Crippen LogP contribution in [-0.2, 0) is 4.79 Å². The molecule has 1 atom stereocenters. The normalized spacial score (nSPS) is 12.2. The van der Waals surface area contributed by atoms with Crippen molar-refractivity contribution in [3.63, 3.8) is 0 Å². The molecule has 24 heavy (non-hydrogen) atoms. The Bertz CT molecular complexity index is 549. The SMILES string of the molecule is CCCNC(=O)[C@H](C)NC(=O)Nc1ccc(OCC(F)(F)F)nc1. The van der Waals surface area contributed by atoms with Crippen LogP contribution in [0.3, 0.4) is 0 Å². The molecule has 7 nitrogen and oxygen atoms in total. The molecule has 0 saturated carbocycles. The van der Waals surface area contributed by atoms with Crippen LogP contribution in [0.2, 0.25) is 0 Å². The largest absolute Gasteiger partial charge is 0.468 e. The summed E-state index contributed by atoms with van der Waals surface area (Å²) in [7, 11) is 0. The third kappa shape index (κ3) is 7.65.